The molecule has 0 amide bonds. The summed E-state index contributed by atoms with van der Waals surface area (Å²) in [5, 5.41) is 3.80. The van der Waals surface area contributed by atoms with Crippen LogP contribution < -0.4 is 0 Å². The summed E-state index contributed by atoms with van der Waals surface area (Å²) in [6.07, 6.45) is 3.08. The van der Waals surface area contributed by atoms with Crippen LogP contribution in [-0.4, -0.2) is 17.5 Å². The molecule has 0 heterocycles. The number of carbonyl (C=O) groups is 2. The van der Waals surface area contributed by atoms with Crippen LogP contribution in [0, 0.1) is 0 Å². The van der Waals surface area contributed by atoms with E-state index in [2.05, 4.69) is 5.16 Å². The van der Waals surface area contributed by atoms with Crippen LogP contribution in [0.15, 0.2) is 58.8 Å². The lowest BCUT2D eigenvalue weighted by molar-refractivity contribution is -0.111. The number of hydrogen-bond acceptors (Lipinski definition) is 4. The van der Waals surface area contributed by atoms with Crippen LogP contribution in [0.4, 0.5) is 0 Å². The summed E-state index contributed by atoms with van der Waals surface area (Å²) in [6.45, 7) is 3.44. The number of carbonyl (C=O) groups excluding carboxylic acids is 2. The molecule has 0 spiro atoms. The van der Waals surface area contributed by atoms with Crippen molar-refractivity contribution in [2.75, 3.05) is 0 Å². The molecule has 4 heteroatoms. The Morgan fingerprint density at radius 3 is 2.42 bits per heavy atom. The van der Waals surface area contributed by atoms with Crippen LogP contribution in [0.5, 0.6) is 0 Å². The summed E-state index contributed by atoms with van der Waals surface area (Å²) < 4.78 is 0. The molecule has 0 radical (unpaired) electrons. The zero-order valence-corrected chi connectivity index (χ0v) is 10.7. The van der Waals surface area contributed by atoms with Gasteiger partial charge in [0.15, 0.2) is 5.78 Å². The molecule has 0 fully saturated rings. The third kappa shape index (κ3) is 3.04. The molecule has 1 aliphatic carbocycles. The van der Waals surface area contributed by atoms with Crippen molar-refractivity contribution < 1.29 is 14.4 Å². The monoisotopic (exact) mass is 255 g/mol. The highest BCUT2D eigenvalue weighted by molar-refractivity contribution is 6.21. The summed E-state index contributed by atoms with van der Waals surface area (Å²) >= 11 is 0. The van der Waals surface area contributed by atoms with Gasteiger partial charge >= 0.3 is 5.97 Å². The Morgan fingerprint density at radius 1 is 1.05 bits per heavy atom. The fourth-order valence-electron chi connectivity index (χ4n) is 1.59. The Balaban J connectivity index is 2.14. The second kappa shape index (κ2) is 5.44. The highest BCUT2D eigenvalue weighted by Crippen LogP contribution is 2.12. The fourth-order valence-corrected chi connectivity index (χ4v) is 1.59. The molecular weight excluding hydrogens is 242 g/mol. The number of benzene rings is 1. The van der Waals surface area contributed by atoms with E-state index >= 15 is 0 Å². The van der Waals surface area contributed by atoms with Crippen molar-refractivity contribution in [3.63, 3.8) is 0 Å². The Morgan fingerprint density at radius 2 is 1.74 bits per heavy atom. The quantitative estimate of drug-likeness (QED) is 0.464. The van der Waals surface area contributed by atoms with E-state index in [4.69, 9.17) is 4.84 Å². The van der Waals surface area contributed by atoms with Crippen molar-refractivity contribution in [1.82, 2.24) is 0 Å². The minimum absolute atomic E-state index is 0.0502. The summed E-state index contributed by atoms with van der Waals surface area (Å²) in [7, 11) is 0. The SMILES string of the molecule is CC1=C/C(=N/OC(=O)c2ccccc2)C(C)=CC1=O. The van der Waals surface area contributed by atoms with E-state index in [0.717, 1.165) is 0 Å². The average molecular weight is 255 g/mol. The molecule has 4 nitrogen and oxygen atoms in total. The Kier molecular flexibility index (Phi) is 3.71. The van der Waals surface area contributed by atoms with Gasteiger partial charge in [0.05, 0.1) is 5.56 Å². The largest absolute Gasteiger partial charge is 0.365 e. The molecule has 1 aromatic carbocycles. The van der Waals surface area contributed by atoms with Crippen LogP contribution >= 0.6 is 0 Å². The van der Waals surface area contributed by atoms with Crippen LogP contribution in [0.25, 0.3) is 0 Å². The summed E-state index contributed by atoms with van der Waals surface area (Å²) in [4.78, 5) is 28.0. The third-order valence-corrected chi connectivity index (χ3v) is 2.73. The Bertz CT molecular complexity index is 610. The standard InChI is InChI=1S/C15H13NO3/c1-10-9-14(17)11(2)8-13(10)16-19-15(18)12-6-4-3-5-7-12/h3-9H,1-2H3/b16-13-. The van der Waals surface area contributed by atoms with Gasteiger partial charge in [-0.05, 0) is 49.3 Å². The molecule has 1 aliphatic rings. The Labute approximate surface area is 111 Å². The molecule has 1 aromatic rings. The first-order valence-corrected chi connectivity index (χ1v) is 5.83. The van der Waals surface area contributed by atoms with Gasteiger partial charge in [-0.1, -0.05) is 23.4 Å². The van der Waals surface area contributed by atoms with Crippen molar-refractivity contribution in [3.8, 4) is 0 Å². The minimum atomic E-state index is -0.524. The molecule has 0 unspecified atom stereocenters. The van der Waals surface area contributed by atoms with E-state index in [1.54, 1.807) is 44.2 Å². The van der Waals surface area contributed by atoms with Gasteiger partial charge in [-0.15, -0.1) is 0 Å². The van der Waals surface area contributed by atoms with Crippen LogP contribution in [0.1, 0.15) is 24.2 Å². The molecule has 0 atom stereocenters. The van der Waals surface area contributed by atoms with Crippen molar-refractivity contribution in [2.24, 2.45) is 5.16 Å². The number of allylic oxidation sites excluding steroid dienone is 4. The van der Waals surface area contributed by atoms with Crippen LogP contribution in [0.2, 0.25) is 0 Å². The van der Waals surface area contributed by atoms with Crippen molar-refractivity contribution in [2.45, 2.75) is 13.8 Å². The molecule has 0 bridgehead atoms. The van der Waals surface area contributed by atoms with Crippen LogP contribution in [-0.2, 0) is 9.63 Å². The molecule has 96 valence electrons. The lowest BCUT2D eigenvalue weighted by Gasteiger charge is -2.08. The number of oxime groups is 1. The van der Waals surface area contributed by atoms with Crippen LogP contribution in [0.3, 0.4) is 0 Å². The molecule has 19 heavy (non-hydrogen) atoms. The number of hydrogen-bond donors (Lipinski definition) is 0. The summed E-state index contributed by atoms with van der Waals surface area (Å²) in [6, 6.07) is 8.61. The van der Waals surface area contributed by atoms with Gasteiger partial charge in [0.2, 0.25) is 0 Å². The minimum Gasteiger partial charge on any atom is -0.312 e. The van der Waals surface area contributed by atoms with Gasteiger partial charge in [-0.3, -0.25) is 4.79 Å². The predicted molar refractivity (Wildman–Crippen MR) is 71.8 cm³/mol. The lowest BCUT2D eigenvalue weighted by Crippen LogP contribution is -2.11. The molecule has 0 saturated carbocycles. The average Bonchev–Trinajstić information content (AvgIpc) is 2.42. The topological polar surface area (TPSA) is 55.7 Å². The lowest BCUT2D eigenvalue weighted by atomic mass is 9.99. The maximum atomic E-state index is 11.7. The first kappa shape index (κ1) is 13.0. The van der Waals surface area contributed by atoms with Gasteiger partial charge in [0.1, 0.15) is 5.71 Å². The summed E-state index contributed by atoms with van der Waals surface area (Å²) in [5.74, 6) is -0.574. The van der Waals surface area contributed by atoms with E-state index in [0.29, 0.717) is 22.4 Å². The first-order valence-electron chi connectivity index (χ1n) is 5.83. The second-order valence-corrected chi connectivity index (χ2v) is 4.24. The first-order chi connectivity index (χ1) is 9.08. The highest BCUT2D eigenvalue weighted by Gasteiger charge is 2.14. The van der Waals surface area contributed by atoms with E-state index in [9.17, 15) is 9.59 Å². The second-order valence-electron chi connectivity index (χ2n) is 4.24. The maximum Gasteiger partial charge on any atom is 0.365 e. The number of ketones is 1. The van der Waals surface area contributed by atoms with E-state index in [1.807, 2.05) is 6.07 Å². The van der Waals surface area contributed by atoms with E-state index in [-0.39, 0.29) is 5.78 Å². The zero-order valence-electron chi connectivity index (χ0n) is 10.7. The maximum absolute atomic E-state index is 11.7. The van der Waals surface area contributed by atoms with Crippen molar-refractivity contribution in [3.05, 3.63) is 59.2 Å². The van der Waals surface area contributed by atoms with Gasteiger partial charge in [-0.2, -0.15) is 0 Å². The van der Waals surface area contributed by atoms with Gasteiger partial charge in [0.25, 0.3) is 0 Å². The normalized spacial score (nSPS) is 16.9. The smallest absolute Gasteiger partial charge is 0.312 e. The van der Waals surface area contributed by atoms with E-state index < -0.39 is 5.97 Å². The zero-order chi connectivity index (χ0) is 13.8. The number of rotatable bonds is 2. The fraction of sp³-hybridized carbons (Fsp3) is 0.133. The van der Waals surface area contributed by atoms with Gasteiger partial charge in [0, 0.05) is 0 Å². The molecule has 2 rings (SSSR count). The number of nitrogens with zero attached hydrogens (tertiary/aromatic N) is 1. The molecule has 0 aliphatic heterocycles. The summed E-state index contributed by atoms with van der Waals surface area (Å²) in [5.41, 5.74) is 2.17. The van der Waals surface area contributed by atoms with Gasteiger partial charge < -0.3 is 4.84 Å². The highest BCUT2D eigenvalue weighted by atomic mass is 16.7. The van der Waals surface area contributed by atoms with Crippen molar-refractivity contribution >= 4 is 17.5 Å². The molecule has 0 aromatic heterocycles. The van der Waals surface area contributed by atoms with E-state index in [1.165, 1.54) is 6.08 Å². The Hall–Kier alpha value is -2.49. The third-order valence-electron chi connectivity index (χ3n) is 2.73. The van der Waals surface area contributed by atoms with Crippen molar-refractivity contribution in [1.29, 1.82) is 0 Å². The molecule has 0 N–H and O–H groups in total. The predicted octanol–water partition coefficient (Wildman–Crippen LogP) is 2.67. The molecule has 0 saturated heterocycles. The molecular formula is C15H13NO3. The van der Waals surface area contributed by atoms with Gasteiger partial charge in [-0.25, -0.2) is 4.79 Å².